The Hall–Kier alpha value is -1.10. The summed E-state index contributed by atoms with van der Waals surface area (Å²) in [7, 11) is 3.97. The highest BCUT2D eigenvalue weighted by Gasteiger charge is 2.38. The SMILES string of the molecule is CN=C(NCc1ccn(C)c1)N1CCSC2(CCCCC2)C1. The molecule has 0 bridgehead atoms. The van der Waals surface area contributed by atoms with E-state index in [1.54, 1.807) is 0 Å². The van der Waals surface area contributed by atoms with Crippen LogP contribution >= 0.6 is 11.8 Å². The molecule has 5 heteroatoms. The van der Waals surface area contributed by atoms with Gasteiger partial charge in [0.1, 0.15) is 0 Å². The summed E-state index contributed by atoms with van der Waals surface area (Å²) in [5, 5.41) is 3.54. The van der Waals surface area contributed by atoms with Crippen LogP contribution in [0.5, 0.6) is 0 Å². The summed E-state index contributed by atoms with van der Waals surface area (Å²) in [6.07, 6.45) is 11.2. The Morgan fingerprint density at radius 3 is 2.86 bits per heavy atom. The van der Waals surface area contributed by atoms with E-state index in [2.05, 4.69) is 57.0 Å². The Labute approximate surface area is 138 Å². The maximum Gasteiger partial charge on any atom is 0.193 e. The van der Waals surface area contributed by atoms with Crippen LogP contribution in [-0.2, 0) is 13.6 Å². The van der Waals surface area contributed by atoms with E-state index < -0.39 is 0 Å². The normalized spacial score (nSPS) is 22.1. The monoisotopic (exact) mass is 320 g/mol. The van der Waals surface area contributed by atoms with E-state index in [0.717, 1.165) is 25.6 Å². The van der Waals surface area contributed by atoms with Gasteiger partial charge in [0.05, 0.1) is 0 Å². The average molecular weight is 321 g/mol. The van der Waals surface area contributed by atoms with Crippen molar-refractivity contribution in [1.29, 1.82) is 0 Å². The lowest BCUT2D eigenvalue weighted by Crippen LogP contribution is -2.53. The van der Waals surface area contributed by atoms with Crippen molar-refractivity contribution in [2.45, 2.75) is 43.4 Å². The summed E-state index contributed by atoms with van der Waals surface area (Å²) < 4.78 is 2.58. The fourth-order valence-corrected chi connectivity index (χ4v) is 5.27. The molecule has 0 unspecified atom stereocenters. The number of hydrogen-bond donors (Lipinski definition) is 1. The summed E-state index contributed by atoms with van der Waals surface area (Å²) in [5.74, 6) is 2.29. The van der Waals surface area contributed by atoms with Crippen LogP contribution in [0.1, 0.15) is 37.7 Å². The first kappa shape index (κ1) is 15.8. The second-order valence-corrected chi connectivity index (χ2v) is 8.16. The number of thioether (sulfide) groups is 1. The topological polar surface area (TPSA) is 32.6 Å². The Bertz CT molecular complexity index is 511. The molecule has 0 amide bonds. The van der Waals surface area contributed by atoms with Crippen LogP contribution in [0.2, 0.25) is 0 Å². The van der Waals surface area contributed by atoms with Crippen LogP contribution in [0.25, 0.3) is 0 Å². The molecule has 1 aromatic rings. The Morgan fingerprint density at radius 2 is 2.18 bits per heavy atom. The highest BCUT2D eigenvalue weighted by Crippen LogP contribution is 2.42. The minimum Gasteiger partial charge on any atom is -0.357 e. The van der Waals surface area contributed by atoms with Gasteiger partial charge in [0.2, 0.25) is 0 Å². The van der Waals surface area contributed by atoms with Gasteiger partial charge in [-0.15, -0.1) is 0 Å². The predicted octanol–water partition coefficient (Wildman–Crippen LogP) is 2.85. The third kappa shape index (κ3) is 3.62. The number of rotatable bonds is 2. The third-order valence-corrected chi connectivity index (χ3v) is 6.40. The first-order chi connectivity index (χ1) is 10.7. The van der Waals surface area contributed by atoms with Gasteiger partial charge in [-0.1, -0.05) is 19.3 Å². The molecule has 2 aliphatic rings. The maximum atomic E-state index is 4.53. The standard InChI is InChI=1S/C17H28N4S/c1-18-16(19-12-15-6-9-20(2)13-15)21-10-11-22-17(14-21)7-4-3-5-8-17/h6,9,13H,3-5,7-8,10-12,14H2,1-2H3,(H,18,19). The lowest BCUT2D eigenvalue weighted by molar-refractivity contribution is 0.293. The zero-order valence-corrected chi connectivity index (χ0v) is 14.7. The van der Waals surface area contributed by atoms with Crippen molar-refractivity contribution < 1.29 is 0 Å². The Morgan fingerprint density at radius 1 is 1.36 bits per heavy atom. The number of guanidine groups is 1. The summed E-state index contributed by atoms with van der Waals surface area (Å²) in [4.78, 5) is 7.00. The molecule has 0 atom stereocenters. The van der Waals surface area contributed by atoms with Crippen LogP contribution < -0.4 is 5.32 Å². The fourth-order valence-electron chi connectivity index (χ4n) is 3.70. The highest BCUT2D eigenvalue weighted by atomic mass is 32.2. The fraction of sp³-hybridized carbons (Fsp3) is 0.706. The molecule has 122 valence electrons. The van der Waals surface area contributed by atoms with E-state index in [4.69, 9.17) is 0 Å². The van der Waals surface area contributed by atoms with Gasteiger partial charge in [-0.3, -0.25) is 4.99 Å². The smallest absolute Gasteiger partial charge is 0.193 e. The van der Waals surface area contributed by atoms with Gasteiger partial charge in [0.15, 0.2) is 5.96 Å². The van der Waals surface area contributed by atoms with Gasteiger partial charge < -0.3 is 14.8 Å². The number of hydrogen-bond acceptors (Lipinski definition) is 2. The Balaban J connectivity index is 1.60. The minimum absolute atomic E-state index is 0.487. The van der Waals surface area contributed by atoms with Gasteiger partial charge in [-0.2, -0.15) is 11.8 Å². The molecule has 0 aromatic carbocycles. The molecule has 1 saturated carbocycles. The second kappa shape index (κ2) is 6.99. The van der Waals surface area contributed by atoms with Crippen molar-refractivity contribution >= 4 is 17.7 Å². The number of nitrogens with zero attached hydrogens (tertiary/aromatic N) is 3. The molecule has 0 radical (unpaired) electrons. The first-order valence-corrected chi connectivity index (χ1v) is 9.40. The van der Waals surface area contributed by atoms with Crippen LogP contribution in [0.4, 0.5) is 0 Å². The van der Waals surface area contributed by atoms with Crippen molar-refractivity contribution in [2.24, 2.45) is 12.0 Å². The van der Waals surface area contributed by atoms with Gasteiger partial charge in [-0.25, -0.2) is 0 Å². The molecule has 1 aromatic heterocycles. The lowest BCUT2D eigenvalue weighted by Gasteiger charge is -2.45. The summed E-state index contributed by atoms with van der Waals surface area (Å²) in [6, 6.07) is 2.16. The van der Waals surface area contributed by atoms with Gasteiger partial charge in [0, 0.05) is 56.6 Å². The molecule has 1 aliphatic heterocycles. The number of nitrogens with one attached hydrogen (secondary N) is 1. The largest absolute Gasteiger partial charge is 0.357 e. The van der Waals surface area contributed by atoms with Crippen molar-refractivity contribution in [2.75, 3.05) is 25.9 Å². The number of aliphatic imine (C=N–C) groups is 1. The predicted molar refractivity (Wildman–Crippen MR) is 95.5 cm³/mol. The zero-order valence-electron chi connectivity index (χ0n) is 13.8. The van der Waals surface area contributed by atoms with E-state index in [1.807, 2.05) is 7.05 Å². The average Bonchev–Trinajstić information content (AvgIpc) is 2.94. The van der Waals surface area contributed by atoms with Crippen molar-refractivity contribution in [3.63, 3.8) is 0 Å². The quantitative estimate of drug-likeness (QED) is 0.672. The van der Waals surface area contributed by atoms with Crippen LogP contribution in [-0.4, -0.2) is 46.1 Å². The second-order valence-electron chi connectivity index (χ2n) is 6.60. The van der Waals surface area contributed by atoms with E-state index in [1.165, 1.54) is 43.4 Å². The van der Waals surface area contributed by atoms with Crippen molar-refractivity contribution in [1.82, 2.24) is 14.8 Å². The molecule has 22 heavy (non-hydrogen) atoms. The Kier molecular flexibility index (Phi) is 5.01. The molecular formula is C17H28N4S. The third-order valence-electron chi connectivity index (χ3n) is 4.87. The number of aromatic nitrogens is 1. The zero-order chi connectivity index (χ0) is 15.4. The minimum atomic E-state index is 0.487. The van der Waals surface area contributed by atoms with Crippen molar-refractivity contribution in [3.05, 3.63) is 24.0 Å². The van der Waals surface area contributed by atoms with E-state index in [9.17, 15) is 0 Å². The maximum absolute atomic E-state index is 4.53. The summed E-state index contributed by atoms with van der Waals surface area (Å²) >= 11 is 2.21. The van der Waals surface area contributed by atoms with Gasteiger partial charge >= 0.3 is 0 Å². The molecule has 1 aliphatic carbocycles. The lowest BCUT2D eigenvalue weighted by atomic mass is 9.87. The van der Waals surface area contributed by atoms with E-state index in [-0.39, 0.29) is 0 Å². The molecule has 3 rings (SSSR count). The van der Waals surface area contributed by atoms with Crippen LogP contribution in [0, 0.1) is 0 Å². The first-order valence-electron chi connectivity index (χ1n) is 8.41. The molecule has 2 fully saturated rings. The molecular weight excluding hydrogens is 292 g/mol. The highest BCUT2D eigenvalue weighted by molar-refractivity contribution is 8.00. The van der Waals surface area contributed by atoms with Crippen LogP contribution in [0.3, 0.4) is 0 Å². The van der Waals surface area contributed by atoms with Gasteiger partial charge in [0.25, 0.3) is 0 Å². The number of aryl methyl sites for hydroxylation is 1. The molecule has 1 spiro atoms. The summed E-state index contributed by atoms with van der Waals surface area (Å²) in [6.45, 7) is 3.12. The summed E-state index contributed by atoms with van der Waals surface area (Å²) in [5.41, 5.74) is 1.31. The van der Waals surface area contributed by atoms with Crippen molar-refractivity contribution in [3.8, 4) is 0 Å². The van der Waals surface area contributed by atoms with E-state index in [0.29, 0.717) is 4.75 Å². The molecule has 4 nitrogen and oxygen atoms in total. The van der Waals surface area contributed by atoms with Gasteiger partial charge in [-0.05, 0) is 24.5 Å². The van der Waals surface area contributed by atoms with Crippen LogP contribution in [0.15, 0.2) is 23.5 Å². The molecule has 1 saturated heterocycles. The van der Waals surface area contributed by atoms with E-state index >= 15 is 0 Å². The molecule has 2 heterocycles. The molecule has 1 N–H and O–H groups in total.